The van der Waals surface area contributed by atoms with Gasteiger partial charge in [-0.25, -0.2) is 8.78 Å². The molecule has 90 valence electrons. The van der Waals surface area contributed by atoms with Crippen molar-refractivity contribution < 1.29 is 13.6 Å². The van der Waals surface area contributed by atoms with E-state index in [0.717, 1.165) is 5.56 Å². The fraction of sp³-hybridized carbons (Fsp3) is 0.133. The van der Waals surface area contributed by atoms with Gasteiger partial charge >= 0.3 is 0 Å². The number of hydrogen-bond acceptors (Lipinski definition) is 1. The van der Waals surface area contributed by atoms with Crippen molar-refractivity contribution in [2.75, 3.05) is 0 Å². The van der Waals surface area contributed by atoms with Crippen molar-refractivity contribution in [3.63, 3.8) is 0 Å². The van der Waals surface area contributed by atoms with Crippen molar-refractivity contribution in [1.82, 2.24) is 0 Å². The third-order valence-electron chi connectivity index (χ3n) is 3.29. The molecule has 1 nitrogen and oxygen atoms in total. The van der Waals surface area contributed by atoms with Gasteiger partial charge in [-0.2, -0.15) is 0 Å². The summed E-state index contributed by atoms with van der Waals surface area (Å²) < 4.78 is 26.4. The Balaban J connectivity index is 2.20. The van der Waals surface area contributed by atoms with Gasteiger partial charge in [0.05, 0.1) is 0 Å². The zero-order valence-electron chi connectivity index (χ0n) is 9.54. The lowest BCUT2D eigenvalue weighted by molar-refractivity contribution is 0.103. The number of benzene rings is 2. The molecule has 0 amide bonds. The summed E-state index contributed by atoms with van der Waals surface area (Å²) in [6, 6.07) is 8.37. The van der Waals surface area contributed by atoms with Crippen LogP contribution in [0.4, 0.5) is 8.78 Å². The van der Waals surface area contributed by atoms with E-state index in [9.17, 15) is 13.6 Å². The van der Waals surface area contributed by atoms with E-state index in [-0.39, 0.29) is 11.6 Å². The predicted molar refractivity (Wildman–Crippen MR) is 63.6 cm³/mol. The maximum atomic E-state index is 13.2. The van der Waals surface area contributed by atoms with E-state index in [1.807, 2.05) is 0 Å². The molecule has 1 aliphatic carbocycles. The van der Waals surface area contributed by atoms with Gasteiger partial charge in [-0.3, -0.25) is 4.79 Å². The highest BCUT2D eigenvalue weighted by Gasteiger charge is 2.21. The van der Waals surface area contributed by atoms with Gasteiger partial charge in [0.2, 0.25) is 0 Å². The van der Waals surface area contributed by atoms with Crippen molar-refractivity contribution in [2.45, 2.75) is 12.8 Å². The summed E-state index contributed by atoms with van der Waals surface area (Å²) in [6.07, 6.45) is 1.22. The third kappa shape index (κ3) is 1.72. The molecule has 0 aromatic heterocycles. The molecule has 2 aromatic carbocycles. The van der Waals surface area contributed by atoms with Gasteiger partial charge in [-0.1, -0.05) is 6.07 Å². The summed E-state index contributed by atoms with van der Waals surface area (Å²) in [5, 5.41) is 0. The van der Waals surface area contributed by atoms with Crippen molar-refractivity contribution in [3.8, 4) is 0 Å². The highest BCUT2D eigenvalue weighted by atomic mass is 19.1. The first-order chi connectivity index (χ1) is 8.65. The summed E-state index contributed by atoms with van der Waals surface area (Å²) in [4.78, 5) is 12.3. The SMILES string of the molecule is O=C1c2ccc(F)cc2CCc2ccc(F)cc21. The van der Waals surface area contributed by atoms with Gasteiger partial charge < -0.3 is 0 Å². The Bertz CT molecular complexity index is 647. The second-order valence-electron chi connectivity index (χ2n) is 4.43. The molecule has 0 aliphatic heterocycles. The molecule has 3 heteroatoms. The molecule has 0 N–H and O–H groups in total. The first kappa shape index (κ1) is 11.1. The lowest BCUT2D eigenvalue weighted by atomic mass is 9.99. The first-order valence-corrected chi connectivity index (χ1v) is 5.77. The zero-order chi connectivity index (χ0) is 12.7. The second-order valence-corrected chi connectivity index (χ2v) is 4.43. The number of rotatable bonds is 0. The maximum absolute atomic E-state index is 13.2. The van der Waals surface area contributed by atoms with Crippen LogP contribution in [0.5, 0.6) is 0 Å². The van der Waals surface area contributed by atoms with Crippen LogP contribution in [0.3, 0.4) is 0 Å². The molecular formula is C15H10F2O. The van der Waals surface area contributed by atoms with E-state index >= 15 is 0 Å². The van der Waals surface area contributed by atoms with Crippen LogP contribution in [0.15, 0.2) is 36.4 Å². The van der Waals surface area contributed by atoms with Crippen LogP contribution in [-0.4, -0.2) is 5.78 Å². The average molecular weight is 244 g/mol. The van der Waals surface area contributed by atoms with Gasteiger partial charge in [0.1, 0.15) is 11.6 Å². The largest absolute Gasteiger partial charge is 0.289 e. The van der Waals surface area contributed by atoms with Crippen LogP contribution < -0.4 is 0 Å². The highest BCUT2D eigenvalue weighted by molar-refractivity contribution is 6.11. The summed E-state index contributed by atoms with van der Waals surface area (Å²) in [6.45, 7) is 0. The zero-order valence-corrected chi connectivity index (χ0v) is 9.54. The predicted octanol–water partition coefficient (Wildman–Crippen LogP) is 3.29. The molecule has 0 atom stereocenters. The van der Waals surface area contributed by atoms with Crippen molar-refractivity contribution in [1.29, 1.82) is 0 Å². The summed E-state index contributed by atoms with van der Waals surface area (Å²) in [5.74, 6) is -0.997. The minimum Gasteiger partial charge on any atom is -0.289 e. The monoisotopic (exact) mass is 244 g/mol. The summed E-state index contributed by atoms with van der Waals surface area (Å²) in [5.41, 5.74) is 2.37. The quantitative estimate of drug-likeness (QED) is 0.695. The van der Waals surface area contributed by atoms with Gasteiger partial charge in [0.25, 0.3) is 0 Å². The molecule has 3 rings (SSSR count). The Morgan fingerprint density at radius 2 is 1.44 bits per heavy atom. The van der Waals surface area contributed by atoms with Crippen molar-refractivity contribution in [2.24, 2.45) is 0 Å². The maximum Gasteiger partial charge on any atom is 0.193 e. The van der Waals surface area contributed by atoms with Crippen LogP contribution in [0.25, 0.3) is 0 Å². The molecule has 1 aliphatic rings. The highest BCUT2D eigenvalue weighted by Crippen LogP contribution is 2.25. The lowest BCUT2D eigenvalue weighted by Gasteiger charge is -2.05. The van der Waals surface area contributed by atoms with Crippen LogP contribution in [-0.2, 0) is 12.8 Å². The van der Waals surface area contributed by atoms with E-state index in [1.54, 1.807) is 6.07 Å². The first-order valence-electron chi connectivity index (χ1n) is 5.77. The average Bonchev–Trinajstić information content (AvgIpc) is 2.48. The van der Waals surface area contributed by atoms with E-state index < -0.39 is 5.82 Å². The molecule has 0 heterocycles. The number of aryl methyl sites for hydroxylation is 2. The van der Waals surface area contributed by atoms with Gasteiger partial charge in [-0.05, 0) is 54.3 Å². The minimum atomic E-state index is -0.423. The second kappa shape index (κ2) is 4.02. The molecule has 0 unspecified atom stereocenters. The van der Waals surface area contributed by atoms with E-state index in [2.05, 4.69) is 0 Å². The fourth-order valence-electron chi connectivity index (χ4n) is 2.38. The number of hydrogen-bond donors (Lipinski definition) is 0. The van der Waals surface area contributed by atoms with Gasteiger partial charge in [0, 0.05) is 11.1 Å². The molecule has 0 spiro atoms. The van der Waals surface area contributed by atoms with Crippen LogP contribution in [0, 0.1) is 11.6 Å². The molecule has 0 bridgehead atoms. The van der Waals surface area contributed by atoms with Crippen LogP contribution in [0.2, 0.25) is 0 Å². The number of carbonyl (C=O) groups excluding carboxylic acids is 1. The van der Waals surface area contributed by atoms with E-state index in [4.69, 9.17) is 0 Å². The Morgan fingerprint density at radius 1 is 0.778 bits per heavy atom. The summed E-state index contributed by atoms with van der Waals surface area (Å²) in [7, 11) is 0. The Hall–Kier alpha value is -2.03. The fourth-order valence-corrected chi connectivity index (χ4v) is 2.38. The number of carbonyl (C=O) groups is 1. The number of ketones is 1. The molecule has 0 saturated heterocycles. The smallest absolute Gasteiger partial charge is 0.193 e. The summed E-state index contributed by atoms with van der Waals surface area (Å²) >= 11 is 0. The molecule has 0 radical (unpaired) electrons. The van der Waals surface area contributed by atoms with Crippen molar-refractivity contribution in [3.05, 3.63) is 70.3 Å². The standard InChI is InChI=1S/C15H10F2O/c16-11-5-6-13-10(7-11)2-1-9-3-4-12(17)8-14(9)15(13)18/h3-8H,1-2H2. The van der Waals surface area contributed by atoms with Gasteiger partial charge in [-0.15, -0.1) is 0 Å². The third-order valence-corrected chi connectivity index (χ3v) is 3.29. The molecule has 0 fully saturated rings. The Kier molecular flexibility index (Phi) is 2.47. The van der Waals surface area contributed by atoms with Crippen molar-refractivity contribution >= 4 is 5.78 Å². The Labute approximate surface area is 103 Å². The number of fused-ring (bicyclic) bond motifs is 2. The normalized spacial score (nSPS) is 13.8. The molecule has 2 aromatic rings. The topological polar surface area (TPSA) is 17.1 Å². The minimum absolute atomic E-state index is 0.225. The van der Waals surface area contributed by atoms with E-state index in [1.165, 1.54) is 30.3 Å². The lowest BCUT2D eigenvalue weighted by Crippen LogP contribution is -2.05. The Morgan fingerprint density at radius 3 is 2.28 bits per heavy atom. The van der Waals surface area contributed by atoms with Gasteiger partial charge in [0.15, 0.2) is 5.78 Å². The van der Waals surface area contributed by atoms with Crippen LogP contribution in [0.1, 0.15) is 27.0 Å². The van der Waals surface area contributed by atoms with Crippen LogP contribution >= 0.6 is 0 Å². The molecular weight excluding hydrogens is 234 g/mol. The van der Waals surface area contributed by atoms with E-state index in [0.29, 0.717) is 29.5 Å². The molecule has 0 saturated carbocycles. The number of halogens is 2. The molecule has 18 heavy (non-hydrogen) atoms.